The molecule has 2 aromatic heterocycles. The summed E-state index contributed by atoms with van der Waals surface area (Å²) in [5.41, 5.74) is 3.18. The highest BCUT2D eigenvalue weighted by Crippen LogP contribution is 2.28. The maximum absolute atomic E-state index is 13.5. The molecule has 0 saturated heterocycles. The van der Waals surface area contributed by atoms with Crippen LogP contribution in [-0.2, 0) is 0 Å². The van der Waals surface area contributed by atoms with Gasteiger partial charge in [0.05, 0.1) is 11.1 Å². The molecule has 0 aliphatic carbocycles. The minimum atomic E-state index is -0.301. The summed E-state index contributed by atoms with van der Waals surface area (Å²) in [6.45, 7) is 3.81. The maximum atomic E-state index is 13.5. The molecule has 5 heteroatoms. The number of nitrogens with zero attached hydrogens (tertiary/aromatic N) is 3. The van der Waals surface area contributed by atoms with E-state index in [1.807, 2.05) is 30.5 Å². The van der Waals surface area contributed by atoms with Gasteiger partial charge in [-0.05, 0) is 43.7 Å². The number of fused-ring (bicyclic) bond motifs is 1. The number of pyridine rings is 1. The molecule has 0 radical (unpaired) electrons. The fourth-order valence-electron chi connectivity index (χ4n) is 2.25. The summed E-state index contributed by atoms with van der Waals surface area (Å²) in [6.07, 6.45) is 1.72. The summed E-state index contributed by atoms with van der Waals surface area (Å²) in [6, 6.07) is 8.24. The van der Waals surface area contributed by atoms with Crippen molar-refractivity contribution in [2.45, 2.75) is 19.2 Å². The second-order valence-corrected chi connectivity index (χ2v) is 5.36. The van der Waals surface area contributed by atoms with Crippen LogP contribution in [0.1, 0.15) is 23.7 Å². The van der Waals surface area contributed by atoms with Crippen LogP contribution in [-0.4, -0.2) is 14.5 Å². The van der Waals surface area contributed by atoms with Crippen LogP contribution in [0.4, 0.5) is 4.39 Å². The molecule has 0 aliphatic heterocycles. The second-order valence-electron chi connectivity index (χ2n) is 4.70. The van der Waals surface area contributed by atoms with Crippen molar-refractivity contribution < 1.29 is 4.39 Å². The molecule has 0 bridgehead atoms. The van der Waals surface area contributed by atoms with Gasteiger partial charge in [-0.25, -0.2) is 14.4 Å². The third-order valence-corrected chi connectivity index (χ3v) is 3.39. The van der Waals surface area contributed by atoms with Crippen LogP contribution in [0.15, 0.2) is 36.5 Å². The third-order valence-electron chi connectivity index (χ3n) is 3.20. The average molecular weight is 290 g/mol. The molecule has 0 N–H and O–H groups in total. The first-order valence-electron chi connectivity index (χ1n) is 6.32. The van der Waals surface area contributed by atoms with Crippen LogP contribution >= 0.6 is 11.6 Å². The molecule has 20 heavy (non-hydrogen) atoms. The summed E-state index contributed by atoms with van der Waals surface area (Å²) in [7, 11) is 0. The predicted octanol–water partition coefficient (Wildman–Crippen LogP) is 4.17. The summed E-state index contributed by atoms with van der Waals surface area (Å²) >= 11 is 6.22. The first-order chi connectivity index (χ1) is 9.58. The molecule has 3 rings (SSSR count). The number of halogens is 2. The number of hydrogen-bond acceptors (Lipinski definition) is 2. The zero-order chi connectivity index (χ0) is 14.3. The Bertz CT molecular complexity index is 780. The number of hydrogen-bond donors (Lipinski definition) is 0. The first-order valence-corrected chi connectivity index (χ1v) is 6.75. The van der Waals surface area contributed by atoms with Crippen LogP contribution in [0.25, 0.3) is 16.9 Å². The van der Waals surface area contributed by atoms with Gasteiger partial charge in [0.15, 0.2) is 5.65 Å². The number of benzene rings is 1. The van der Waals surface area contributed by atoms with Gasteiger partial charge in [-0.1, -0.05) is 6.07 Å². The monoisotopic (exact) mass is 289 g/mol. The molecule has 1 aromatic carbocycles. The van der Waals surface area contributed by atoms with E-state index in [1.54, 1.807) is 12.3 Å². The van der Waals surface area contributed by atoms with Crippen LogP contribution in [0.5, 0.6) is 0 Å². The normalized spacial score (nSPS) is 12.8. The van der Waals surface area contributed by atoms with Crippen molar-refractivity contribution in [2.24, 2.45) is 0 Å². The largest absolute Gasteiger partial charge is 0.279 e. The smallest absolute Gasteiger partial charge is 0.164 e. The van der Waals surface area contributed by atoms with E-state index < -0.39 is 0 Å². The molecule has 3 nitrogen and oxygen atoms in total. The number of aryl methyl sites for hydroxylation is 1. The Balaban J connectivity index is 2.38. The molecular formula is C15H13ClFN3. The lowest BCUT2D eigenvalue weighted by atomic mass is 10.2. The lowest BCUT2D eigenvalue weighted by molar-refractivity contribution is 0.626. The molecule has 2 heterocycles. The van der Waals surface area contributed by atoms with Gasteiger partial charge >= 0.3 is 0 Å². The molecule has 0 aliphatic rings. The fourth-order valence-corrected chi connectivity index (χ4v) is 2.39. The number of aromatic nitrogens is 3. The topological polar surface area (TPSA) is 30.7 Å². The Hall–Kier alpha value is -1.94. The van der Waals surface area contributed by atoms with Crippen molar-refractivity contribution in [3.8, 4) is 5.69 Å². The standard InChI is InChI=1S/C15H13ClFN3/c1-9-6-7-18-15-13(9)19-14(10(2)16)20(15)12-5-3-4-11(17)8-12/h3-8,10H,1-2H3. The Kier molecular flexibility index (Phi) is 3.18. The van der Waals surface area contributed by atoms with Crippen LogP contribution in [0.2, 0.25) is 0 Å². The van der Waals surface area contributed by atoms with E-state index in [2.05, 4.69) is 9.97 Å². The van der Waals surface area contributed by atoms with Crippen molar-refractivity contribution in [2.75, 3.05) is 0 Å². The number of imidazole rings is 1. The van der Waals surface area contributed by atoms with Crippen molar-refractivity contribution in [3.63, 3.8) is 0 Å². The van der Waals surface area contributed by atoms with E-state index >= 15 is 0 Å². The van der Waals surface area contributed by atoms with Gasteiger partial charge < -0.3 is 0 Å². The molecule has 0 saturated carbocycles. The highest BCUT2D eigenvalue weighted by molar-refractivity contribution is 6.20. The van der Waals surface area contributed by atoms with E-state index in [-0.39, 0.29) is 11.2 Å². The minimum Gasteiger partial charge on any atom is -0.279 e. The molecule has 0 fully saturated rings. The third kappa shape index (κ3) is 2.06. The molecule has 0 spiro atoms. The lowest BCUT2D eigenvalue weighted by Crippen LogP contribution is -2.03. The average Bonchev–Trinajstić information content (AvgIpc) is 2.80. The van der Waals surface area contributed by atoms with Crippen molar-refractivity contribution in [1.29, 1.82) is 0 Å². The summed E-state index contributed by atoms with van der Waals surface area (Å²) in [5, 5.41) is -0.299. The van der Waals surface area contributed by atoms with Gasteiger partial charge in [0.2, 0.25) is 0 Å². The highest BCUT2D eigenvalue weighted by Gasteiger charge is 2.18. The Morgan fingerprint density at radius 1 is 1.30 bits per heavy atom. The molecule has 1 atom stereocenters. The maximum Gasteiger partial charge on any atom is 0.164 e. The Labute approximate surface area is 121 Å². The van der Waals surface area contributed by atoms with Gasteiger partial charge in [0, 0.05) is 6.20 Å². The van der Waals surface area contributed by atoms with Crippen LogP contribution in [0.3, 0.4) is 0 Å². The zero-order valence-corrected chi connectivity index (χ0v) is 11.9. The van der Waals surface area contributed by atoms with Gasteiger partial charge in [-0.3, -0.25) is 4.57 Å². The fraction of sp³-hybridized carbons (Fsp3) is 0.200. The second kappa shape index (κ2) is 4.87. The van der Waals surface area contributed by atoms with Gasteiger partial charge in [-0.2, -0.15) is 0 Å². The van der Waals surface area contributed by atoms with Crippen molar-refractivity contribution in [1.82, 2.24) is 14.5 Å². The van der Waals surface area contributed by atoms with Gasteiger partial charge in [0.1, 0.15) is 17.2 Å². The minimum absolute atomic E-state index is 0.299. The van der Waals surface area contributed by atoms with Gasteiger partial charge in [-0.15, -0.1) is 11.6 Å². The highest BCUT2D eigenvalue weighted by atomic mass is 35.5. The molecule has 0 amide bonds. The first kappa shape index (κ1) is 13.1. The van der Waals surface area contributed by atoms with Crippen molar-refractivity contribution >= 4 is 22.8 Å². The summed E-state index contributed by atoms with van der Waals surface area (Å²) < 4.78 is 15.3. The quantitative estimate of drug-likeness (QED) is 0.663. The zero-order valence-electron chi connectivity index (χ0n) is 11.1. The lowest BCUT2D eigenvalue weighted by Gasteiger charge is -2.09. The van der Waals surface area contributed by atoms with E-state index in [9.17, 15) is 4.39 Å². The Morgan fingerprint density at radius 3 is 2.80 bits per heavy atom. The number of rotatable bonds is 2. The van der Waals surface area contributed by atoms with E-state index in [0.29, 0.717) is 17.2 Å². The molecule has 1 unspecified atom stereocenters. The van der Waals surface area contributed by atoms with E-state index in [4.69, 9.17) is 11.6 Å². The summed E-state index contributed by atoms with van der Waals surface area (Å²) in [5.74, 6) is 0.360. The van der Waals surface area contributed by atoms with Crippen LogP contribution < -0.4 is 0 Å². The number of alkyl halides is 1. The predicted molar refractivity (Wildman–Crippen MR) is 77.8 cm³/mol. The van der Waals surface area contributed by atoms with Crippen molar-refractivity contribution in [3.05, 3.63) is 53.7 Å². The molecule has 3 aromatic rings. The van der Waals surface area contributed by atoms with Crippen LogP contribution in [0, 0.1) is 12.7 Å². The molecule has 102 valence electrons. The van der Waals surface area contributed by atoms with E-state index in [0.717, 1.165) is 11.1 Å². The van der Waals surface area contributed by atoms with Gasteiger partial charge in [0.25, 0.3) is 0 Å². The molecular weight excluding hydrogens is 277 g/mol. The SMILES string of the molecule is Cc1ccnc2c1nc(C(C)Cl)n2-c1cccc(F)c1. The summed E-state index contributed by atoms with van der Waals surface area (Å²) in [4.78, 5) is 8.93. The van der Waals surface area contributed by atoms with E-state index in [1.165, 1.54) is 12.1 Å². The Morgan fingerprint density at radius 2 is 2.10 bits per heavy atom.